The van der Waals surface area contributed by atoms with Crippen LogP contribution in [-0.4, -0.2) is 37.2 Å². The molecule has 0 rings (SSSR count). The summed E-state index contributed by atoms with van der Waals surface area (Å²) in [4.78, 5) is 38.0. The van der Waals surface area contributed by atoms with Gasteiger partial charge in [-0.25, -0.2) is 0 Å². The van der Waals surface area contributed by atoms with Crippen molar-refractivity contribution < 1.29 is 28.6 Å². The van der Waals surface area contributed by atoms with Crippen molar-refractivity contribution in [1.82, 2.24) is 0 Å². The molecule has 0 amide bonds. The van der Waals surface area contributed by atoms with E-state index in [1.807, 2.05) is 0 Å². The SMILES string of the molecule is CCCCCCCCCCCCCCCCCCCCCC(=O)OC[C@H](COC(=O)CCCCCCCCCCCCCCCCC)OC(=O)CCCCCCCCCCCC. The minimum Gasteiger partial charge on any atom is -0.462 e. The zero-order valence-electron chi connectivity index (χ0n) is 42.2. The number of carbonyl (C=O) groups excluding carboxylic acids is 3. The highest BCUT2D eigenvalue weighted by Gasteiger charge is 2.19. The fraction of sp³-hybridized carbons (Fsp3) is 0.946. The normalized spacial score (nSPS) is 11.9. The maximum absolute atomic E-state index is 12.8. The number of rotatable bonds is 52. The van der Waals surface area contributed by atoms with Crippen molar-refractivity contribution in [1.29, 1.82) is 0 Å². The molecule has 0 aromatic heterocycles. The highest BCUT2D eigenvalue weighted by molar-refractivity contribution is 5.71. The van der Waals surface area contributed by atoms with Gasteiger partial charge in [-0.05, 0) is 19.3 Å². The Morgan fingerprint density at radius 1 is 0.258 bits per heavy atom. The summed E-state index contributed by atoms with van der Waals surface area (Å²) in [7, 11) is 0. The quantitative estimate of drug-likeness (QED) is 0.0344. The van der Waals surface area contributed by atoms with E-state index in [0.29, 0.717) is 19.3 Å². The Labute approximate surface area is 387 Å². The fourth-order valence-corrected chi connectivity index (χ4v) is 8.62. The maximum atomic E-state index is 12.8. The Morgan fingerprint density at radius 2 is 0.435 bits per heavy atom. The summed E-state index contributed by atoms with van der Waals surface area (Å²) in [6.45, 7) is 6.69. The third-order valence-electron chi connectivity index (χ3n) is 12.9. The smallest absolute Gasteiger partial charge is 0.306 e. The van der Waals surface area contributed by atoms with Crippen LogP contribution in [0.3, 0.4) is 0 Å². The molecule has 0 radical (unpaired) electrons. The lowest BCUT2D eigenvalue weighted by atomic mass is 10.0. The van der Waals surface area contributed by atoms with Crippen LogP contribution in [0.25, 0.3) is 0 Å². The van der Waals surface area contributed by atoms with Crippen molar-refractivity contribution in [2.24, 2.45) is 0 Å². The van der Waals surface area contributed by atoms with Crippen LogP contribution in [0.2, 0.25) is 0 Å². The predicted octanol–water partition coefficient (Wildman–Crippen LogP) is 18.4. The predicted molar refractivity (Wildman–Crippen MR) is 266 cm³/mol. The third-order valence-corrected chi connectivity index (χ3v) is 12.9. The zero-order chi connectivity index (χ0) is 45.1. The molecular weight excluding hydrogens is 769 g/mol. The van der Waals surface area contributed by atoms with Gasteiger partial charge in [-0.1, -0.05) is 284 Å². The molecule has 0 spiro atoms. The average molecular weight is 877 g/mol. The third kappa shape index (κ3) is 49.4. The van der Waals surface area contributed by atoms with Crippen LogP contribution in [0.4, 0.5) is 0 Å². The molecule has 0 aliphatic carbocycles. The van der Waals surface area contributed by atoms with E-state index in [0.717, 1.165) is 57.8 Å². The Hall–Kier alpha value is -1.59. The molecule has 0 bridgehead atoms. The summed E-state index contributed by atoms with van der Waals surface area (Å²) in [5, 5.41) is 0. The lowest BCUT2D eigenvalue weighted by Gasteiger charge is -2.18. The Bertz CT molecular complexity index is 920. The number of carbonyl (C=O) groups is 3. The second kappa shape index (κ2) is 52.0. The van der Waals surface area contributed by atoms with Crippen molar-refractivity contribution in [2.75, 3.05) is 13.2 Å². The van der Waals surface area contributed by atoms with E-state index in [2.05, 4.69) is 20.8 Å². The van der Waals surface area contributed by atoms with Crippen molar-refractivity contribution >= 4 is 17.9 Å². The first-order valence-corrected chi connectivity index (χ1v) is 28.0. The van der Waals surface area contributed by atoms with Crippen molar-refractivity contribution in [3.05, 3.63) is 0 Å². The van der Waals surface area contributed by atoms with Crippen LogP contribution in [0.15, 0.2) is 0 Å². The molecule has 1 atom stereocenters. The largest absolute Gasteiger partial charge is 0.462 e. The van der Waals surface area contributed by atoms with E-state index in [9.17, 15) is 14.4 Å². The minimum absolute atomic E-state index is 0.0615. The van der Waals surface area contributed by atoms with Crippen LogP contribution >= 0.6 is 0 Å². The van der Waals surface area contributed by atoms with Crippen LogP contribution in [0.1, 0.15) is 323 Å². The zero-order valence-corrected chi connectivity index (χ0v) is 42.2. The molecule has 0 aromatic carbocycles. The summed E-state index contributed by atoms with van der Waals surface area (Å²) >= 11 is 0. The van der Waals surface area contributed by atoms with Gasteiger partial charge in [0.2, 0.25) is 0 Å². The summed E-state index contributed by atoms with van der Waals surface area (Å²) in [5.74, 6) is -0.837. The molecular formula is C56H108O6. The number of esters is 3. The summed E-state index contributed by atoms with van der Waals surface area (Å²) < 4.78 is 16.8. The molecule has 0 saturated heterocycles. The van der Waals surface area contributed by atoms with Gasteiger partial charge >= 0.3 is 17.9 Å². The van der Waals surface area contributed by atoms with E-state index in [-0.39, 0.29) is 31.1 Å². The molecule has 0 unspecified atom stereocenters. The number of ether oxygens (including phenoxy) is 3. The molecule has 0 N–H and O–H groups in total. The minimum atomic E-state index is -0.760. The molecule has 0 aromatic rings. The Morgan fingerprint density at radius 3 is 0.645 bits per heavy atom. The summed E-state index contributed by atoms with van der Waals surface area (Å²) in [6.07, 6.45) is 56.7. The fourth-order valence-electron chi connectivity index (χ4n) is 8.62. The van der Waals surface area contributed by atoms with Crippen LogP contribution in [-0.2, 0) is 28.6 Å². The standard InChI is InChI=1S/C56H108O6/c1-4-7-10-13-16-19-22-24-26-27-28-29-31-33-35-38-40-43-46-49-55(58)61-52-53(62-56(59)50-47-44-41-36-21-18-15-12-9-6-3)51-60-54(57)48-45-42-39-37-34-32-30-25-23-20-17-14-11-8-5-2/h53H,4-52H2,1-3H3/t53-/m0/s1. The Balaban J connectivity index is 4.21. The first-order valence-electron chi connectivity index (χ1n) is 28.0. The van der Waals surface area contributed by atoms with E-state index in [1.165, 1.54) is 225 Å². The van der Waals surface area contributed by atoms with Gasteiger partial charge < -0.3 is 14.2 Å². The van der Waals surface area contributed by atoms with Gasteiger partial charge in [0.05, 0.1) is 0 Å². The summed E-state index contributed by atoms with van der Waals surface area (Å²) in [6, 6.07) is 0. The topological polar surface area (TPSA) is 78.9 Å². The monoisotopic (exact) mass is 877 g/mol. The lowest BCUT2D eigenvalue weighted by Crippen LogP contribution is -2.30. The first kappa shape index (κ1) is 60.4. The van der Waals surface area contributed by atoms with Gasteiger partial charge in [0.1, 0.15) is 13.2 Å². The van der Waals surface area contributed by atoms with Crippen molar-refractivity contribution in [2.45, 2.75) is 329 Å². The molecule has 0 aliphatic rings. The van der Waals surface area contributed by atoms with Crippen LogP contribution in [0, 0.1) is 0 Å². The van der Waals surface area contributed by atoms with Gasteiger partial charge in [-0.3, -0.25) is 14.4 Å². The molecule has 6 nitrogen and oxygen atoms in total. The van der Waals surface area contributed by atoms with E-state index in [4.69, 9.17) is 14.2 Å². The second-order valence-corrected chi connectivity index (χ2v) is 19.2. The van der Waals surface area contributed by atoms with E-state index in [1.54, 1.807) is 0 Å². The van der Waals surface area contributed by atoms with Gasteiger partial charge in [-0.15, -0.1) is 0 Å². The highest BCUT2D eigenvalue weighted by atomic mass is 16.6. The molecule has 6 heteroatoms. The number of hydrogen-bond donors (Lipinski definition) is 0. The summed E-state index contributed by atoms with van der Waals surface area (Å²) in [5.41, 5.74) is 0. The Kier molecular flexibility index (Phi) is 50.7. The van der Waals surface area contributed by atoms with E-state index >= 15 is 0 Å². The van der Waals surface area contributed by atoms with Crippen LogP contribution < -0.4 is 0 Å². The van der Waals surface area contributed by atoms with Crippen molar-refractivity contribution in [3.63, 3.8) is 0 Å². The molecule has 62 heavy (non-hydrogen) atoms. The van der Waals surface area contributed by atoms with Crippen LogP contribution in [0.5, 0.6) is 0 Å². The molecule has 0 aliphatic heterocycles. The number of unbranched alkanes of at least 4 members (excludes halogenated alkanes) is 41. The van der Waals surface area contributed by atoms with E-state index < -0.39 is 6.10 Å². The second-order valence-electron chi connectivity index (χ2n) is 19.2. The first-order chi connectivity index (χ1) is 30.5. The lowest BCUT2D eigenvalue weighted by molar-refractivity contribution is -0.167. The highest BCUT2D eigenvalue weighted by Crippen LogP contribution is 2.17. The molecule has 368 valence electrons. The number of hydrogen-bond acceptors (Lipinski definition) is 6. The molecule has 0 fully saturated rings. The van der Waals surface area contributed by atoms with Gasteiger partial charge in [-0.2, -0.15) is 0 Å². The molecule has 0 saturated carbocycles. The molecule has 0 heterocycles. The maximum Gasteiger partial charge on any atom is 0.306 e. The van der Waals surface area contributed by atoms with Gasteiger partial charge in [0, 0.05) is 19.3 Å². The average Bonchev–Trinajstić information content (AvgIpc) is 3.27. The van der Waals surface area contributed by atoms with Crippen molar-refractivity contribution in [3.8, 4) is 0 Å². The van der Waals surface area contributed by atoms with Gasteiger partial charge in [0.25, 0.3) is 0 Å². The van der Waals surface area contributed by atoms with Gasteiger partial charge in [0.15, 0.2) is 6.10 Å².